The van der Waals surface area contributed by atoms with E-state index in [1.807, 2.05) is 0 Å². The van der Waals surface area contributed by atoms with Crippen LogP contribution < -0.4 is 5.32 Å². The van der Waals surface area contributed by atoms with E-state index in [-0.39, 0.29) is 29.2 Å². The van der Waals surface area contributed by atoms with Crippen molar-refractivity contribution in [2.75, 3.05) is 11.9 Å². The third-order valence-electron chi connectivity index (χ3n) is 4.13. The number of anilines is 1. The first-order chi connectivity index (χ1) is 13.7. The fraction of sp³-hybridized carbons (Fsp3) is 0.316. The minimum Gasteiger partial charge on any atom is -0.461 e. The summed E-state index contributed by atoms with van der Waals surface area (Å²) in [5, 5.41) is 13.4. The minimum atomic E-state index is -1.23. The Kier molecular flexibility index (Phi) is 6.71. The molecule has 1 aromatic heterocycles. The molecule has 10 nitrogen and oxygen atoms in total. The van der Waals surface area contributed by atoms with E-state index in [2.05, 4.69) is 10.3 Å². The van der Waals surface area contributed by atoms with Crippen LogP contribution in [-0.4, -0.2) is 40.5 Å². The van der Waals surface area contributed by atoms with Gasteiger partial charge in [-0.25, -0.2) is 9.59 Å². The number of nitrogens with one attached hydrogen (secondary N) is 2. The molecule has 154 valence electrons. The zero-order valence-electron chi connectivity index (χ0n) is 16.4. The van der Waals surface area contributed by atoms with Crippen LogP contribution in [0.15, 0.2) is 24.3 Å². The van der Waals surface area contributed by atoms with E-state index in [0.29, 0.717) is 11.3 Å². The van der Waals surface area contributed by atoms with Crippen LogP contribution in [0, 0.1) is 24.0 Å². The molecule has 1 aromatic carbocycles. The summed E-state index contributed by atoms with van der Waals surface area (Å²) in [5.74, 6) is -2.14. The van der Waals surface area contributed by atoms with Crippen LogP contribution in [-0.2, 0) is 14.3 Å². The summed E-state index contributed by atoms with van der Waals surface area (Å²) in [6, 6.07) is 5.62. The molecule has 1 heterocycles. The topological polar surface area (TPSA) is 141 Å². The number of nitro benzene ring substituents is 1. The van der Waals surface area contributed by atoms with Crippen molar-refractivity contribution in [2.45, 2.75) is 33.8 Å². The summed E-state index contributed by atoms with van der Waals surface area (Å²) in [7, 11) is 0. The third kappa shape index (κ3) is 4.78. The predicted octanol–water partition coefficient (Wildman–Crippen LogP) is 2.90. The maximum atomic E-state index is 12.5. The van der Waals surface area contributed by atoms with E-state index < -0.39 is 28.9 Å². The van der Waals surface area contributed by atoms with Crippen molar-refractivity contribution >= 4 is 29.2 Å². The Balaban J connectivity index is 2.14. The van der Waals surface area contributed by atoms with Crippen LogP contribution in [0.3, 0.4) is 0 Å². The number of benzene rings is 1. The Labute approximate surface area is 166 Å². The molecule has 10 heteroatoms. The molecular formula is C19H21N3O7. The van der Waals surface area contributed by atoms with Crippen molar-refractivity contribution in [1.82, 2.24) is 4.98 Å². The Morgan fingerprint density at radius 3 is 2.48 bits per heavy atom. The summed E-state index contributed by atoms with van der Waals surface area (Å²) in [6.07, 6.45) is -1.23. The molecule has 0 bridgehead atoms. The van der Waals surface area contributed by atoms with E-state index in [1.165, 1.54) is 31.2 Å². The number of aromatic nitrogens is 1. The quantitative estimate of drug-likeness (QED) is 0.411. The number of H-pyrrole nitrogens is 1. The molecule has 2 rings (SSSR count). The minimum absolute atomic E-state index is 0.0102. The Morgan fingerprint density at radius 1 is 1.21 bits per heavy atom. The van der Waals surface area contributed by atoms with Gasteiger partial charge in [-0.05, 0) is 39.3 Å². The van der Waals surface area contributed by atoms with Crippen LogP contribution in [0.1, 0.15) is 46.0 Å². The van der Waals surface area contributed by atoms with Crippen molar-refractivity contribution in [2.24, 2.45) is 0 Å². The average molecular weight is 403 g/mol. The SMILES string of the molecule is CCOC(=O)c1[nH]c(C)c(C(=O)O[C@@H](C)C(=O)Nc2ccccc2[N+](=O)[O-])c1C. The van der Waals surface area contributed by atoms with Gasteiger partial charge in [0.1, 0.15) is 11.4 Å². The van der Waals surface area contributed by atoms with Gasteiger partial charge in [-0.15, -0.1) is 0 Å². The number of nitrogens with zero attached hydrogens (tertiary/aromatic N) is 1. The van der Waals surface area contributed by atoms with Gasteiger partial charge in [-0.3, -0.25) is 14.9 Å². The van der Waals surface area contributed by atoms with E-state index in [9.17, 15) is 24.5 Å². The highest BCUT2D eigenvalue weighted by Crippen LogP contribution is 2.24. The number of ether oxygens (including phenoxy) is 2. The molecule has 0 unspecified atom stereocenters. The highest BCUT2D eigenvalue weighted by molar-refractivity contribution is 6.01. The highest BCUT2D eigenvalue weighted by atomic mass is 16.6. The van der Waals surface area contributed by atoms with Crippen molar-refractivity contribution < 1.29 is 28.8 Å². The van der Waals surface area contributed by atoms with E-state index in [4.69, 9.17) is 9.47 Å². The molecule has 0 aliphatic heterocycles. The number of hydrogen-bond donors (Lipinski definition) is 2. The summed E-state index contributed by atoms with van der Waals surface area (Å²) < 4.78 is 10.1. The molecule has 0 radical (unpaired) electrons. The first-order valence-corrected chi connectivity index (χ1v) is 8.78. The third-order valence-corrected chi connectivity index (χ3v) is 4.13. The zero-order valence-corrected chi connectivity index (χ0v) is 16.4. The molecule has 2 N–H and O–H groups in total. The number of esters is 2. The van der Waals surface area contributed by atoms with Gasteiger partial charge in [0.15, 0.2) is 6.10 Å². The molecule has 1 atom stereocenters. The largest absolute Gasteiger partial charge is 0.461 e. The molecule has 2 aromatic rings. The summed E-state index contributed by atoms with van der Waals surface area (Å²) in [6.45, 7) is 6.33. The van der Waals surface area contributed by atoms with Gasteiger partial charge in [0.25, 0.3) is 11.6 Å². The van der Waals surface area contributed by atoms with Gasteiger partial charge in [0.2, 0.25) is 0 Å². The summed E-state index contributed by atoms with van der Waals surface area (Å²) in [5.41, 5.74) is 0.700. The molecule has 0 fully saturated rings. The predicted molar refractivity (Wildman–Crippen MR) is 103 cm³/mol. The first-order valence-electron chi connectivity index (χ1n) is 8.78. The number of nitro groups is 1. The molecule has 0 spiro atoms. The van der Waals surface area contributed by atoms with Gasteiger partial charge >= 0.3 is 11.9 Å². The fourth-order valence-corrected chi connectivity index (χ4v) is 2.71. The normalized spacial score (nSPS) is 11.4. The maximum Gasteiger partial charge on any atom is 0.355 e. The number of aryl methyl sites for hydroxylation is 1. The number of carbonyl (C=O) groups is 3. The average Bonchev–Trinajstić information content (AvgIpc) is 2.96. The zero-order chi connectivity index (χ0) is 21.7. The van der Waals surface area contributed by atoms with Crippen LogP contribution in [0.2, 0.25) is 0 Å². The Hall–Kier alpha value is -3.69. The lowest BCUT2D eigenvalue weighted by atomic mass is 10.1. The van der Waals surface area contributed by atoms with Gasteiger partial charge < -0.3 is 19.8 Å². The lowest BCUT2D eigenvalue weighted by Crippen LogP contribution is -2.30. The summed E-state index contributed by atoms with van der Waals surface area (Å²) >= 11 is 0. The Morgan fingerprint density at radius 2 is 1.86 bits per heavy atom. The lowest BCUT2D eigenvalue weighted by molar-refractivity contribution is -0.383. The van der Waals surface area contributed by atoms with Crippen LogP contribution in [0.4, 0.5) is 11.4 Å². The smallest absolute Gasteiger partial charge is 0.355 e. The first kappa shape index (κ1) is 21.6. The van der Waals surface area contributed by atoms with E-state index in [0.717, 1.165) is 0 Å². The summed E-state index contributed by atoms with van der Waals surface area (Å²) in [4.78, 5) is 50.0. The second-order valence-corrected chi connectivity index (χ2v) is 6.16. The van der Waals surface area contributed by atoms with Crippen LogP contribution in [0.25, 0.3) is 0 Å². The second-order valence-electron chi connectivity index (χ2n) is 6.16. The van der Waals surface area contributed by atoms with Crippen molar-refractivity contribution in [1.29, 1.82) is 0 Å². The van der Waals surface area contributed by atoms with Crippen LogP contribution in [0.5, 0.6) is 0 Å². The molecule has 0 saturated heterocycles. The molecule has 29 heavy (non-hydrogen) atoms. The number of carbonyl (C=O) groups excluding carboxylic acids is 3. The Bertz CT molecular complexity index is 965. The number of rotatable bonds is 7. The molecule has 0 aliphatic rings. The van der Waals surface area contributed by atoms with Gasteiger partial charge in [0, 0.05) is 11.8 Å². The van der Waals surface area contributed by atoms with Gasteiger partial charge in [-0.1, -0.05) is 12.1 Å². The lowest BCUT2D eigenvalue weighted by Gasteiger charge is -2.14. The maximum absolute atomic E-state index is 12.5. The van der Waals surface area contributed by atoms with Crippen LogP contribution >= 0.6 is 0 Å². The molecule has 1 amide bonds. The number of para-hydroxylation sites is 2. The van der Waals surface area contributed by atoms with Crippen molar-refractivity contribution in [3.05, 3.63) is 56.9 Å². The molecule has 0 saturated carbocycles. The second kappa shape index (κ2) is 9.00. The number of aromatic amines is 1. The van der Waals surface area contributed by atoms with Crippen molar-refractivity contribution in [3.8, 4) is 0 Å². The molecular weight excluding hydrogens is 382 g/mol. The monoisotopic (exact) mass is 403 g/mol. The number of amides is 1. The van der Waals surface area contributed by atoms with E-state index >= 15 is 0 Å². The van der Waals surface area contributed by atoms with Gasteiger partial charge in [0.05, 0.1) is 17.1 Å². The standard InChI is InChI=1S/C19H21N3O7/c1-5-28-19(25)16-10(2)15(11(3)20-16)18(24)29-12(4)17(23)21-13-8-6-7-9-14(13)22(26)27/h6-9,12,20H,5H2,1-4H3,(H,21,23)/t12-/m0/s1. The van der Waals surface area contributed by atoms with Crippen molar-refractivity contribution in [3.63, 3.8) is 0 Å². The van der Waals surface area contributed by atoms with E-state index in [1.54, 1.807) is 20.8 Å². The number of hydrogen-bond acceptors (Lipinski definition) is 7. The van der Waals surface area contributed by atoms with Gasteiger partial charge in [-0.2, -0.15) is 0 Å². The highest BCUT2D eigenvalue weighted by Gasteiger charge is 2.27. The fourth-order valence-electron chi connectivity index (χ4n) is 2.71. The molecule has 0 aliphatic carbocycles.